The molecule has 3 heteroatoms. The van der Waals surface area contributed by atoms with Crippen LogP contribution in [0.4, 0.5) is 0 Å². The Morgan fingerprint density at radius 1 is 1.47 bits per heavy atom. The summed E-state index contributed by atoms with van der Waals surface area (Å²) in [5.41, 5.74) is 1.99. The van der Waals surface area contributed by atoms with E-state index in [1.54, 1.807) is 0 Å². The number of aryl methyl sites for hydroxylation is 1. The van der Waals surface area contributed by atoms with Crippen LogP contribution in [0, 0.1) is 23.7 Å². The summed E-state index contributed by atoms with van der Waals surface area (Å²) in [6, 6.07) is 8.49. The molecule has 1 saturated heterocycles. The number of hydrogen-bond donors (Lipinski definition) is 0. The van der Waals surface area contributed by atoms with Crippen LogP contribution in [-0.4, -0.2) is 19.8 Å². The SMILES string of the molecule is CCOc1ccc(CC2(C#N)COC2)cc1C. The molecule has 90 valence electrons. The molecule has 1 aromatic rings. The van der Waals surface area contributed by atoms with Crippen LogP contribution < -0.4 is 4.74 Å². The van der Waals surface area contributed by atoms with Crippen LogP contribution >= 0.6 is 0 Å². The first-order valence-electron chi connectivity index (χ1n) is 5.90. The maximum absolute atomic E-state index is 9.15. The molecular formula is C14H17NO2. The van der Waals surface area contributed by atoms with Crippen molar-refractivity contribution in [3.05, 3.63) is 29.3 Å². The molecule has 1 aliphatic rings. The lowest BCUT2D eigenvalue weighted by Crippen LogP contribution is -2.43. The lowest BCUT2D eigenvalue weighted by Gasteiger charge is -2.35. The summed E-state index contributed by atoms with van der Waals surface area (Å²) in [5, 5.41) is 9.15. The Bertz CT molecular complexity index is 444. The van der Waals surface area contributed by atoms with Gasteiger partial charge in [-0.2, -0.15) is 5.26 Å². The average Bonchev–Trinajstić information content (AvgIpc) is 2.27. The smallest absolute Gasteiger partial charge is 0.122 e. The van der Waals surface area contributed by atoms with Gasteiger partial charge in [-0.1, -0.05) is 12.1 Å². The molecule has 0 spiro atoms. The molecule has 0 radical (unpaired) electrons. The van der Waals surface area contributed by atoms with E-state index in [1.807, 2.05) is 26.0 Å². The fourth-order valence-electron chi connectivity index (χ4n) is 2.08. The minimum atomic E-state index is -0.306. The standard InChI is InChI=1S/C14H17NO2/c1-3-17-13-5-4-12(6-11(13)2)7-14(8-15)9-16-10-14/h4-6H,3,7,9-10H2,1-2H3. The highest BCUT2D eigenvalue weighted by Crippen LogP contribution is 2.32. The number of nitrogens with zero attached hydrogens (tertiary/aromatic N) is 1. The van der Waals surface area contributed by atoms with Crippen LogP contribution in [0.25, 0.3) is 0 Å². The highest BCUT2D eigenvalue weighted by atomic mass is 16.5. The molecule has 3 nitrogen and oxygen atoms in total. The Morgan fingerprint density at radius 2 is 2.24 bits per heavy atom. The molecule has 1 aliphatic heterocycles. The van der Waals surface area contributed by atoms with E-state index < -0.39 is 0 Å². The molecule has 17 heavy (non-hydrogen) atoms. The van der Waals surface area contributed by atoms with Crippen LogP contribution in [-0.2, 0) is 11.2 Å². The predicted octanol–water partition coefficient (Wildman–Crippen LogP) is 2.48. The first kappa shape index (κ1) is 11.9. The fraction of sp³-hybridized carbons (Fsp3) is 0.500. The summed E-state index contributed by atoms with van der Waals surface area (Å²) < 4.78 is 10.6. The quantitative estimate of drug-likeness (QED) is 0.799. The van der Waals surface area contributed by atoms with Gasteiger partial charge in [0, 0.05) is 0 Å². The van der Waals surface area contributed by atoms with Crippen molar-refractivity contribution in [2.45, 2.75) is 20.3 Å². The van der Waals surface area contributed by atoms with E-state index in [9.17, 15) is 0 Å². The first-order valence-corrected chi connectivity index (χ1v) is 5.90. The van der Waals surface area contributed by atoms with Gasteiger partial charge in [0.1, 0.15) is 11.2 Å². The van der Waals surface area contributed by atoms with Gasteiger partial charge in [0.2, 0.25) is 0 Å². The molecule has 0 aliphatic carbocycles. The second-order valence-electron chi connectivity index (χ2n) is 4.59. The van der Waals surface area contributed by atoms with E-state index in [0.717, 1.165) is 17.7 Å². The zero-order valence-corrected chi connectivity index (χ0v) is 10.3. The van der Waals surface area contributed by atoms with Gasteiger partial charge in [0.25, 0.3) is 0 Å². The second kappa shape index (κ2) is 4.77. The minimum Gasteiger partial charge on any atom is -0.494 e. The maximum Gasteiger partial charge on any atom is 0.122 e. The van der Waals surface area contributed by atoms with Crippen LogP contribution in [0.1, 0.15) is 18.1 Å². The molecule has 0 aromatic heterocycles. The van der Waals surface area contributed by atoms with Crippen molar-refractivity contribution in [2.75, 3.05) is 19.8 Å². The third-order valence-corrected chi connectivity index (χ3v) is 3.08. The Morgan fingerprint density at radius 3 is 2.71 bits per heavy atom. The molecule has 0 amide bonds. The topological polar surface area (TPSA) is 42.2 Å². The minimum absolute atomic E-state index is 0.306. The second-order valence-corrected chi connectivity index (χ2v) is 4.59. The van der Waals surface area contributed by atoms with E-state index >= 15 is 0 Å². The van der Waals surface area contributed by atoms with Crippen molar-refractivity contribution in [1.29, 1.82) is 5.26 Å². The molecular weight excluding hydrogens is 214 g/mol. The Kier molecular flexibility index (Phi) is 3.35. The Hall–Kier alpha value is -1.53. The summed E-state index contributed by atoms with van der Waals surface area (Å²) >= 11 is 0. The summed E-state index contributed by atoms with van der Waals surface area (Å²) in [4.78, 5) is 0. The van der Waals surface area contributed by atoms with Gasteiger partial charge in [-0.05, 0) is 37.5 Å². The fourth-order valence-corrected chi connectivity index (χ4v) is 2.08. The highest BCUT2D eigenvalue weighted by Gasteiger charge is 2.38. The van der Waals surface area contributed by atoms with Gasteiger partial charge in [-0.15, -0.1) is 0 Å². The summed E-state index contributed by atoms with van der Waals surface area (Å²) in [6.07, 6.45) is 0.761. The maximum atomic E-state index is 9.15. The van der Waals surface area contributed by atoms with Crippen LogP contribution in [0.2, 0.25) is 0 Å². The van der Waals surface area contributed by atoms with E-state index in [4.69, 9.17) is 14.7 Å². The number of rotatable bonds is 4. The predicted molar refractivity (Wildman–Crippen MR) is 64.9 cm³/mol. The van der Waals surface area contributed by atoms with Gasteiger partial charge in [0.15, 0.2) is 0 Å². The van der Waals surface area contributed by atoms with E-state index in [-0.39, 0.29) is 5.41 Å². The molecule has 0 saturated carbocycles. The normalized spacial score (nSPS) is 17.0. The number of hydrogen-bond acceptors (Lipinski definition) is 3. The summed E-state index contributed by atoms with van der Waals surface area (Å²) in [6.45, 7) is 5.79. The van der Waals surface area contributed by atoms with Crippen molar-refractivity contribution >= 4 is 0 Å². The van der Waals surface area contributed by atoms with Gasteiger partial charge in [0.05, 0.1) is 25.9 Å². The summed E-state index contributed by atoms with van der Waals surface area (Å²) in [7, 11) is 0. The molecule has 0 unspecified atom stereocenters. The third kappa shape index (κ3) is 2.42. The lowest BCUT2D eigenvalue weighted by molar-refractivity contribution is -0.0765. The zero-order chi connectivity index (χ0) is 12.3. The number of ether oxygens (including phenoxy) is 2. The largest absolute Gasteiger partial charge is 0.494 e. The molecule has 0 bridgehead atoms. The summed E-state index contributed by atoms with van der Waals surface area (Å²) in [5.74, 6) is 0.923. The van der Waals surface area contributed by atoms with Gasteiger partial charge in [-0.3, -0.25) is 0 Å². The highest BCUT2D eigenvalue weighted by molar-refractivity contribution is 5.37. The van der Waals surface area contributed by atoms with E-state index in [1.165, 1.54) is 5.56 Å². The van der Waals surface area contributed by atoms with E-state index in [0.29, 0.717) is 19.8 Å². The molecule has 2 rings (SSSR count). The Labute approximate surface area is 102 Å². The molecule has 0 atom stereocenters. The van der Waals surface area contributed by atoms with Gasteiger partial charge >= 0.3 is 0 Å². The molecule has 1 aromatic carbocycles. The van der Waals surface area contributed by atoms with Crippen LogP contribution in [0.15, 0.2) is 18.2 Å². The van der Waals surface area contributed by atoms with Gasteiger partial charge < -0.3 is 9.47 Å². The zero-order valence-electron chi connectivity index (χ0n) is 10.3. The number of nitriles is 1. The lowest BCUT2D eigenvalue weighted by atomic mass is 9.81. The Balaban J connectivity index is 2.12. The first-order chi connectivity index (χ1) is 8.19. The van der Waals surface area contributed by atoms with Crippen molar-refractivity contribution < 1.29 is 9.47 Å². The van der Waals surface area contributed by atoms with Crippen LogP contribution in [0.5, 0.6) is 5.75 Å². The van der Waals surface area contributed by atoms with Gasteiger partial charge in [-0.25, -0.2) is 0 Å². The molecule has 0 N–H and O–H groups in total. The van der Waals surface area contributed by atoms with Crippen molar-refractivity contribution in [3.63, 3.8) is 0 Å². The van der Waals surface area contributed by atoms with Crippen LogP contribution in [0.3, 0.4) is 0 Å². The van der Waals surface area contributed by atoms with Crippen molar-refractivity contribution in [3.8, 4) is 11.8 Å². The monoisotopic (exact) mass is 231 g/mol. The number of benzene rings is 1. The van der Waals surface area contributed by atoms with Crippen molar-refractivity contribution in [1.82, 2.24) is 0 Å². The average molecular weight is 231 g/mol. The molecule has 1 heterocycles. The molecule has 1 fully saturated rings. The van der Waals surface area contributed by atoms with Crippen molar-refractivity contribution in [2.24, 2.45) is 5.41 Å². The van der Waals surface area contributed by atoms with E-state index in [2.05, 4.69) is 12.1 Å². The third-order valence-electron chi connectivity index (χ3n) is 3.08.